The molecule has 1 amide bonds. The second-order valence-electron chi connectivity index (χ2n) is 4.68. The Hall–Kier alpha value is -2.26. The number of benzene rings is 2. The molecule has 2 N–H and O–H groups in total. The second-order valence-corrected chi connectivity index (χ2v) is 5.12. The molecule has 0 aliphatic carbocycles. The number of carbonyl (C=O) groups is 1. The van der Waals surface area contributed by atoms with Gasteiger partial charge in [0.15, 0.2) is 0 Å². The fraction of sp³-hybridized carbons (Fsp3) is 0.0625. The summed E-state index contributed by atoms with van der Waals surface area (Å²) in [5.41, 5.74) is 3.17. The first kappa shape index (κ1) is 12.8. The van der Waals surface area contributed by atoms with Gasteiger partial charge in [0, 0.05) is 21.6 Å². The molecule has 4 heteroatoms. The summed E-state index contributed by atoms with van der Waals surface area (Å²) >= 11 is 5.95. The molecule has 0 spiro atoms. The number of halogens is 1. The number of carbonyl (C=O) groups excluding carboxylic acids is 1. The summed E-state index contributed by atoms with van der Waals surface area (Å²) in [6.45, 7) is 1.93. The molecule has 3 rings (SSSR count). The Morgan fingerprint density at radius 3 is 2.75 bits per heavy atom. The molecule has 20 heavy (non-hydrogen) atoms. The van der Waals surface area contributed by atoms with Gasteiger partial charge in [-0.05, 0) is 36.8 Å². The summed E-state index contributed by atoms with van der Waals surface area (Å²) in [6.07, 6.45) is 0. The highest BCUT2D eigenvalue weighted by Gasteiger charge is 2.11. The lowest BCUT2D eigenvalue weighted by Gasteiger charge is -2.07. The molecule has 3 nitrogen and oxygen atoms in total. The van der Waals surface area contributed by atoms with Crippen molar-refractivity contribution in [2.24, 2.45) is 0 Å². The standard InChI is InChI=1S/C16H13ClN2O/c1-10-6-7-12(17)9-14(10)19-16(20)15-8-11-4-2-3-5-13(11)18-15/h2-9,18H,1H3,(H,19,20). The zero-order valence-corrected chi connectivity index (χ0v) is 11.7. The van der Waals surface area contributed by atoms with Gasteiger partial charge in [-0.15, -0.1) is 0 Å². The van der Waals surface area contributed by atoms with Gasteiger partial charge in [0.1, 0.15) is 5.69 Å². The number of aryl methyl sites for hydroxylation is 1. The molecule has 3 aromatic rings. The molecule has 0 unspecified atom stereocenters. The van der Waals surface area contributed by atoms with Gasteiger partial charge in [0.2, 0.25) is 0 Å². The van der Waals surface area contributed by atoms with E-state index in [1.54, 1.807) is 12.1 Å². The lowest BCUT2D eigenvalue weighted by atomic mass is 10.2. The van der Waals surface area contributed by atoms with E-state index in [1.165, 1.54) is 0 Å². The average Bonchev–Trinajstić information content (AvgIpc) is 2.87. The summed E-state index contributed by atoms with van der Waals surface area (Å²) < 4.78 is 0. The highest BCUT2D eigenvalue weighted by atomic mass is 35.5. The Kier molecular flexibility index (Phi) is 3.20. The number of anilines is 1. The van der Waals surface area contributed by atoms with Gasteiger partial charge in [-0.2, -0.15) is 0 Å². The molecule has 100 valence electrons. The van der Waals surface area contributed by atoms with Gasteiger partial charge in [0.25, 0.3) is 5.91 Å². The van der Waals surface area contributed by atoms with Crippen LogP contribution in [-0.4, -0.2) is 10.9 Å². The minimum absolute atomic E-state index is 0.174. The van der Waals surface area contributed by atoms with E-state index in [2.05, 4.69) is 10.3 Å². The van der Waals surface area contributed by atoms with Crippen LogP contribution in [0, 0.1) is 6.92 Å². The molecule has 0 bridgehead atoms. The maximum atomic E-state index is 12.3. The number of amides is 1. The number of H-pyrrole nitrogens is 1. The third-order valence-corrected chi connectivity index (χ3v) is 3.46. The van der Waals surface area contributed by atoms with Gasteiger partial charge < -0.3 is 10.3 Å². The van der Waals surface area contributed by atoms with Crippen molar-refractivity contribution in [1.82, 2.24) is 4.98 Å². The zero-order valence-electron chi connectivity index (χ0n) is 10.9. The van der Waals surface area contributed by atoms with Crippen molar-refractivity contribution in [2.75, 3.05) is 5.32 Å². The van der Waals surface area contributed by atoms with E-state index >= 15 is 0 Å². The highest BCUT2D eigenvalue weighted by Crippen LogP contribution is 2.21. The molecule has 0 saturated carbocycles. The van der Waals surface area contributed by atoms with Crippen LogP contribution in [0.5, 0.6) is 0 Å². The lowest BCUT2D eigenvalue weighted by Crippen LogP contribution is -2.13. The normalized spacial score (nSPS) is 10.7. The summed E-state index contributed by atoms with van der Waals surface area (Å²) in [7, 11) is 0. The van der Waals surface area contributed by atoms with E-state index in [-0.39, 0.29) is 5.91 Å². The average molecular weight is 285 g/mol. The third kappa shape index (κ3) is 2.40. The van der Waals surface area contributed by atoms with Crippen molar-refractivity contribution in [1.29, 1.82) is 0 Å². The third-order valence-electron chi connectivity index (χ3n) is 3.22. The number of hydrogen-bond acceptors (Lipinski definition) is 1. The monoisotopic (exact) mass is 284 g/mol. The Bertz CT molecular complexity index is 759. The molecule has 1 aromatic heterocycles. The number of hydrogen-bond donors (Lipinski definition) is 2. The van der Waals surface area contributed by atoms with Crippen LogP contribution in [0.2, 0.25) is 5.02 Å². The van der Waals surface area contributed by atoms with Gasteiger partial charge >= 0.3 is 0 Å². The van der Waals surface area contributed by atoms with Crippen molar-refractivity contribution in [3.63, 3.8) is 0 Å². The van der Waals surface area contributed by atoms with E-state index in [0.717, 1.165) is 22.2 Å². The van der Waals surface area contributed by atoms with E-state index in [4.69, 9.17) is 11.6 Å². The van der Waals surface area contributed by atoms with Gasteiger partial charge in [0.05, 0.1) is 0 Å². The first-order valence-electron chi connectivity index (χ1n) is 6.29. The Morgan fingerprint density at radius 2 is 1.95 bits per heavy atom. The fourth-order valence-electron chi connectivity index (χ4n) is 2.11. The van der Waals surface area contributed by atoms with Crippen LogP contribution in [0.25, 0.3) is 10.9 Å². The van der Waals surface area contributed by atoms with Crippen molar-refractivity contribution in [3.8, 4) is 0 Å². The van der Waals surface area contributed by atoms with Crippen LogP contribution in [0.1, 0.15) is 16.1 Å². The molecule has 0 radical (unpaired) electrons. The summed E-state index contributed by atoms with van der Waals surface area (Å²) in [6, 6.07) is 15.0. The van der Waals surface area contributed by atoms with E-state index in [1.807, 2.05) is 43.3 Å². The number of rotatable bonds is 2. The van der Waals surface area contributed by atoms with Crippen LogP contribution in [0.15, 0.2) is 48.5 Å². The minimum Gasteiger partial charge on any atom is -0.351 e. The Morgan fingerprint density at radius 1 is 1.15 bits per heavy atom. The summed E-state index contributed by atoms with van der Waals surface area (Å²) in [5.74, 6) is -0.174. The van der Waals surface area contributed by atoms with Crippen LogP contribution >= 0.6 is 11.6 Å². The number of nitrogens with one attached hydrogen (secondary N) is 2. The fourth-order valence-corrected chi connectivity index (χ4v) is 2.29. The van der Waals surface area contributed by atoms with E-state index in [0.29, 0.717) is 10.7 Å². The summed E-state index contributed by atoms with van der Waals surface area (Å²) in [5, 5.41) is 4.49. The molecule has 0 aliphatic rings. The number of fused-ring (bicyclic) bond motifs is 1. The number of aromatic nitrogens is 1. The Balaban J connectivity index is 1.90. The SMILES string of the molecule is Cc1ccc(Cl)cc1NC(=O)c1cc2ccccc2[nH]1. The number of para-hydroxylation sites is 1. The molecule has 2 aromatic carbocycles. The Labute approximate surface area is 121 Å². The predicted octanol–water partition coefficient (Wildman–Crippen LogP) is 4.38. The molecular formula is C16H13ClN2O. The first-order chi connectivity index (χ1) is 9.63. The lowest BCUT2D eigenvalue weighted by molar-refractivity contribution is 0.102. The van der Waals surface area contributed by atoms with E-state index < -0.39 is 0 Å². The van der Waals surface area contributed by atoms with Crippen molar-refractivity contribution >= 4 is 34.1 Å². The molecule has 0 aliphatic heterocycles. The minimum atomic E-state index is -0.174. The smallest absolute Gasteiger partial charge is 0.272 e. The topological polar surface area (TPSA) is 44.9 Å². The quantitative estimate of drug-likeness (QED) is 0.720. The van der Waals surface area contributed by atoms with E-state index in [9.17, 15) is 4.79 Å². The van der Waals surface area contributed by atoms with Crippen molar-refractivity contribution < 1.29 is 4.79 Å². The second kappa shape index (κ2) is 5.02. The van der Waals surface area contributed by atoms with Crippen LogP contribution in [0.3, 0.4) is 0 Å². The van der Waals surface area contributed by atoms with Crippen molar-refractivity contribution in [2.45, 2.75) is 6.92 Å². The molecular weight excluding hydrogens is 272 g/mol. The molecule has 0 fully saturated rings. The van der Waals surface area contributed by atoms with Crippen LogP contribution in [0.4, 0.5) is 5.69 Å². The number of aromatic amines is 1. The van der Waals surface area contributed by atoms with Crippen LogP contribution in [-0.2, 0) is 0 Å². The van der Waals surface area contributed by atoms with Crippen LogP contribution < -0.4 is 5.32 Å². The molecule has 0 atom stereocenters. The summed E-state index contributed by atoms with van der Waals surface area (Å²) in [4.78, 5) is 15.4. The maximum absolute atomic E-state index is 12.3. The molecule has 1 heterocycles. The largest absolute Gasteiger partial charge is 0.351 e. The predicted molar refractivity (Wildman–Crippen MR) is 82.4 cm³/mol. The zero-order chi connectivity index (χ0) is 14.1. The molecule has 0 saturated heterocycles. The maximum Gasteiger partial charge on any atom is 0.272 e. The highest BCUT2D eigenvalue weighted by molar-refractivity contribution is 6.31. The van der Waals surface area contributed by atoms with Crippen molar-refractivity contribution in [3.05, 3.63) is 64.8 Å². The first-order valence-corrected chi connectivity index (χ1v) is 6.66. The van der Waals surface area contributed by atoms with Gasteiger partial charge in [-0.25, -0.2) is 0 Å². The van der Waals surface area contributed by atoms with Gasteiger partial charge in [-0.3, -0.25) is 4.79 Å². The van der Waals surface area contributed by atoms with Gasteiger partial charge in [-0.1, -0.05) is 35.9 Å².